The summed E-state index contributed by atoms with van der Waals surface area (Å²) in [5.74, 6) is 1.72. The third kappa shape index (κ3) is 4.38. The first-order valence-corrected chi connectivity index (χ1v) is 7.16. The van der Waals surface area contributed by atoms with Crippen LogP contribution in [-0.2, 0) is 6.42 Å². The van der Waals surface area contributed by atoms with Crippen molar-refractivity contribution in [2.75, 3.05) is 14.2 Å². The van der Waals surface area contributed by atoms with Gasteiger partial charge >= 0.3 is 0 Å². The van der Waals surface area contributed by atoms with Crippen LogP contribution in [0, 0.1) is 0 Å². The van der Waals surface area contributed by atoms with Crippen LogP contribution < -0.4 is 9.47 Å². The zero-order chi connectivity index (χ0) is 15.1. The van der Waals surface area contributed by atoms with Crippen molar-refractivity contribution >= 4 is 6.08 Å². The van der Waals surface area contributed by atoms with Gasteiger partial charge in [0.2, 0.25) is 0 Å². The molecule has 21 heavy (non-hydrogen) atoms. The molecule has 0 aromatic heterocycles. The number of rotatable bonds is 6. The van der Waals surface area contributed by atoms with Crippen LogP contribution in [0.3, 0.4) is 0 Å². The first kappa shape index (κ1) is 15.2. The summed E-state index contributed by atoms with van der Waals surface area (Å²) in [6.07, 6.45) is 4.25. The molecule has 0 N–H and O–H groups in total. The molecule has 0 heterocycles. The SMILES string of the molecule is COc1ccc(OC)c(C=C(C)CCc2ccccc2)c1. The van der Waals surface area contributed by atoms with Crippen molar-refractivity contribution < 1.29 is 9.47 Å². The average molecular weight is 282 g/mol. The van der Waals surface area contributed by atoms with E-state index in [1.54, 1.807) is 14.2 Å². The maximum absolute atomic E-state index is 5.41. The minimum absolute atomic E-state index is 0.845. The number of ether oxygens (including phenoxy) is 2. The fourth-order valence-corrected chi connectivity index (χ4v) is 2.28. The second kappa shape index (κ2) is 7.53. The van der Waals surface area contributed by atoms with Crippen LogP contribution in [0.5, 0.6) is 11.5 Å². The standard InChI is InChI=1S/C19H22O2/c1-15(9-10-16-7-5-4-6-8-16)13-17-14-18(20-2)11-12-19(17)21-3/h4-8,11-14H,9-10H2,1-3H3. The summed E-state index contributed by atoms with van der Waals surface area (Å²) in [7, 11) is 3.37. The van der Waals surface area contributed by atoms with Crippen LogP contribution in [0.15, 0.2) is 54.1 Å². The Morgan fingerprint density at radius 1 is 1.00 bits per heavy atom. The van der Waals surface area contributed by atoms with Gasteiger partial charge < -0.3 is 9.47 Å². The molecular formula is C19H22O2. The van der Waals surface area contributed by atoms with E-state index in [1.807, 2.05) is 24.3 Å². The highest BCUT2D eigenvalue weighted by molar-refractivity contribution is 5.61. The van der Waals surface area contributed by atoms with Gasteiger partial charge in [-0.15, -0.1) is 0 Å². The molecule has 0 saturated heterocycles. The molecule has 0 aliphatic heterocycles. The van der Waals surface area contributed by atoms with E-state index in [0.717, 1.165) is 29.9 Å². The van der Waals surface area contributed by atoms with Gasteiger partial charge in [0.15, 0.2) is 0 Å². The molecule has 2 heteroatoms. The highest BCUT2D eigenvalue weighted by atomic mass is 16.5. The van der Waals surface area contributed by atoms with Crippen molar-refractivity contribution in [3.63, 3.8) is 0 Å². The van der Waals surface area contributed by atoms with E-state index in [2.05, 4.69) is 37.3 Å². The van der Waals surface area contributed by atoms with Gasteiger partial charge in [-0.1, -0.05) is 42.0 Å². The number of hydrogen-bond acceptors (Lipinski definition) is 2. The van der Waals surface area contributed by atoms with Crippen LogP contribution in [0.2, 0.25) is 0 Å². The summed E-state index contributed by atoms with van der Waals surface area (Å²) >= 11 is 0. The number of methoxy groups -OCH3 is 2. The third-order valence-corrected chi connectivity index (χ3v) is 3.49. The number of aryl methyl sites for hydroxylation is 1. The van der Waals surface area contributed by atoms with Crippen molar-refractivity contribution in [1.82, 2.24) is 0 Å². The van der Waals surface area contributed by atoms with Gasteiger partial charge in [0.1, 0.15) is 11.5 Å². The fourth-order valence-electron chi connectivity index (χ4n) is 2.28. The van der Waals surface area contributed by atoms with Gasteiger partial charge in [0, 0.05) is 5.56 Å². The second-order valence-electron chi connectivity index (χ2n) is 5.08. The van der Waals surface area contributed by atoms with Gasteiger partial charge in [0.25, 0.3) is 0 Å². The first-order chi connectivity index (χ1) is 10.2. The van der Waals surface area contributed by atoms with E-state index < -0.39 is 0 Å². The molecule has 0 saturated carbocycles. The van der Waals surface area contributed by atoms with Crippen LogP contribution in [0.25, 0.3) is 6.08 Å². The lowest BCUT2D eigenvalue weighted by molar-refractivity contribution is 0.402. The number of benzene rings is 2. The highest BCUT2D eigenvalue weighted by Gasteiger charge is 2.03. The van der Waals surface area contributed by atoms with Gasteiger partial charge in [-0.2, -0.15) is 0 Å². The molecule has 0 fully saturated rings. The average Bonchev–Trinajstić information content (AvgIpc) is 2.54. The Kier molecular flexibility index (Phi) is 5.44. The zero-order valence-electron chi connectivity index (χ0n) is 12.9. The third-order valence-electron chi connectivity index (χ3n) is 3.49. The molecule has 2 aromatic carbocycles. The van der Waals surface area contributed by atoms with Crippen molar-refractivity contribution in [2.24, 2.45) is 0 Å². The molecule has 2 aromatic rings. The molecule has 0 amide bonds. The van der Waals surface area contributed by atoms with Gasteiger partial charge in [-0.05, 0) is 43.5 Å². The molecule has 110 valence electrons. The van der Waals surface area contributed by atoms with Crippen LogP contribution >= 0.6 is 0 Å². The Bertz CT molecular complexity index is 600. The summed E-state index contributed by atoms with van der Waals surface area (Å²) in [6.45, 7) is 2.15. The Morgan fingerprint density at radius 2 is 1.76 bits per heavy atom. The summed E-state index contributed by atoms with van der Waals surface area (Å²) in [5, 5.41) is 0. The monoisotopic (exact) mass is 282 g/mol. The minimum Gasteiger partial charge on any atom is -0.497 e. The fraction of sp³-hybridized carbons (Fsp3) is 0.263. The van der Waals surface area contributed by atoms with E-state index >= 15 is 0 Å². The summed E-state index contributed by atoms with van der Waals surface area (Å²) in [6, 6.07) is 16.4. The quantitative estimate of drug-likeness (QED) is 0.762. The molecule has 0 aliphatic rings. The summed E-state index contributed by atoms with van der Waals surface area (Å²) in [5.41, 5.74) is 3.75. The predicted octanol–water partition coefficient (Wildman–Crippen LogP) is 4.74. The van der Waals surface area contributed by atoms with E-state index in [9.17, 15) is 0 Å². The second-order valence-corrected chi connectivity index (χ2v) is 5.08. The van der Waals surface area contributed by atoms with Gasteiger partial charge in [-0.25, -0.2) is 0 Å². The maximum Gasteiger partial charge on any atom is 0.126 e. The van der Waals surface area contributed by atoms with E-state index in [0.29, 0.717) is 0 Å². The van der Waals surface area contributed by atoms with Gasteiger partial charge in [0.05, 0.1) is 14.2 Å². The van der Waals surface area contributed by atoms with Crippen molar-refractivity contribution in [3.05, 3.63) is 65.2 Å². The zero-order valence-corrected chi connectivity index (χ0v) is 12.9. The Hall–Kier alpha value is -2.22. The lowest BCUT2D eigenvalue weighted by Crippen LogP contribution is -1.91. The Labute approximate surface area is 127 Å². The topological polar surface area (TPSA) is 18.5 Å². The van der Waals surface area contributed by atoms with E-state index in [1.165, 1.54) is 11.1 Å². The predicted molar refractivity (Wildman–Crippen MR) is 88.0 cm³/mol. The van der Waals surface area contributed by atoms with Crippen LogP contribution in [0.4, 0.5) is 0 Å². The van der Waals surface area contributed by atoms with Crippen LogP contribution in [0.1, 0.15) is 24.5 Å². The first-order valence-electron chi connectivity index (χ1n) is 7.16. The lowest BCUT2D eigenvalue weighted by atomic mass is 10.0. The Morgan fingerprint density at radius 3 is 2.43 bits per heavy atom. The smallest absolute Gasteiger partial charge is 0.126 e. The molecule has 0 atom stereocenters. The molecule has 0 aliphatic carbocycles. The molecule has 2 nitrogen and oxygen atoms in total. The molecule has 0 bridgehead atoms. The molecule has 2 rings (SSSR count). The number of allylic oxidation sites excluding steroid dienone is 1. The van der Waals surface area contributed by atoms with Crippen molar-refractivity contribution in [3.8, 4) is 11.5 Å². The van der Waals surface area contributed by atoms with Gasteiger partial charge in [-0.3, -0.25) is 0 Å². The highest BCUT2D eigenvalue weighted by Crippen LogP contribution is 2.26. The van der Waals surface area contributed by atoms with E-state index in [-0.39, 0.29) is 0 Å². The largest absolute Gasteiger partial charge is 0.497 e. The molecule has 0 radical (unpaired) electrons. The molecular weight excluding hydrogens is 260 g/mol. The minimum atomic E-state index is 0.845. The normalized spacial score (nSPS) is 11.3. The maximum atomic E-state index is 5.41. The molecule has 0 spiro atoms. The lowest BCUT2D eigenvalue weighted by Gasteiger charge is -2.09. The van der Waals surface area contributed by atoms with Crippen LogP contribution in [-0.4, -0.2) is 14.2 Å². The van der Waals surface area contributed by atoms with Crippen molar-refractivity contribution in [1.29, 1.82) is 0 Å². The number of hydrogen-bond donors (Lipinski definition) is 0. The molecule has 0 unspecified atom stereocenters. The Balaban J connectivity index is 2.10. The van der Waals surface area contributed by atoms with E-state index in [4.69, 9.17) is 9.47 Å². The summed E-state index contributed by atoms with van der Waals surface area (Å²) < 4.78 is 10.7. The van der Waals surface area contributed by atoms with Crippen molar-refractivity contribution in [2.45, 2.75) is 19.8 Å². The summed E-state index contributed by atoms with van der Waals surface area (Å²) in [4.78, 5) is 0.